The van der Waals surface area contributed by atoms with Gasteiger partial charge in [-0.1, -0.05) is 12.2 Å². The highest BCUT2D eigenvalue weighted by Gasteiger charge is 2.45. The predicted octanol–water partition coefficient (Wildman–Crippen LogP) is 3.16. The first-order chi connectivity index (χ1) is 15.3. The number of carbonyl (C=O) groups excluding carboxylic acids is 4. The van der Waals surface area contributed by atoms with Crippen molar-refractivity contribution in [2.75, 3.05) is 33.3 Å². The quantitative estimate of drug-likeness (QED) is 0.393. The fourth-order valence-corrected chi connectivity index (χ4v) is 6.12. The van der Waals surface area contributed by atoms with Gasteiger partial charge in [-0.25, -0.2) is 0 Å². The average Bonchev–Trinajstić information content (AvgIpc) is 3.46. The first kappa shape index (κ1) is 22.7. The molecule has 4 rings (SSSR count). The maximum atomic E-state index is 13.3. The summed E-state index contributed by atoms with van der Waals surface area (Å²) < 4.78 is 4.93. The van der Waals surface area contributed by atoms with Crippen LogP contribution in [0.25, 0.3) is 0 Å². The number of nitrogens with zero attached hydrogens (tertiary/aromatic N) is 2. The van der Waals surface area contributed by atoms with Gasteiger partial charge >= 0.3 is 5.97 Å². The van der Waals surface area contributed by atoms with Crippen LogP contribution in [0, 0.1) is 17.3 Å². The Hall–Kier alpha value is -2.48. The van der Waals surface area contributed by atoms with E-state index in [1.807, 2.05) is 22.0 Å². The SMILES string of the molecule is COC(=O)C1CC=CCC1C(=O)N1CCC2(CCN(C(=O)c3ccc(C(C)=O)s3)CC2)C1. The Labute approximate surface area is 192 Å². The van der Waals surface area contributed by atoms with Gasteiger partial charge in [0.05, 0.1) is 28.7 Å². The third kappa shape index (κ3) is 4.37. The molecular formula is C24H30N2O5S. The van der Waals surface area contributed by atoms with Crippen LogP contribution in [0.4, 0.5) is 0 Å². The standard InChI is InChI=1S/C24H30N2O5S/c1-16(27)19-7-8-20(32-19)22(29)25-12-9-24(10-13-25)11-14-26(15-24)21(28)17-5-3-4-6-18(17)23(30)31-2/h3-4,7-8,17-18H,5-6,9-15H2,1-2H3. The third-order valence-electron chi connectivity index (χ3n) is 7.28. The van der Waals surface area contributed by atoms with E-state index in [4.69, 9.17) is 4.74 Å². The minimum Gasteiger partial charge on any atom is -0.469 e. The van der Waals surface area contributed by atoms with Gasteiger partial charge < -0.3 is 14.5 Å². The van der Waals surface area contributed by atoms with Gasteiger partial charge in [-0.3, -0.25) is 19.2 Å². The molecule has 0 saturated carbocycles. The summed E-state index contributed by atoms with van der Waals surface area (Å²) in [6.07, 6.45) is 7.72. The van der Waals surface area contributed by atoms with Crippen molar-refractivity contribution in [3.05, 3.63) is 34.0 Å². The summed E-state index contributed by atoms with van der Waals surface area (Å²) in [4.78, 5) is 54.8. The smallest absolute Gasteiger partial charge is 0.309 e. The first-order valence-corrected chi connectivity index (χ1v) is 12.1. The molecule has 2 amide bonds. The second-order valence-corrected chi connectivity index (χ2v) is 10.3. The number of amides is 2. The summed E-state index contributed by atoms with van der Waals surface area (Å²) in [5.74, 6) is -1.05. The van der Waals surface area contributed by atoms with E-state index < -0.39 is 5.92 Å². The maximum absolute atomic E-state index is 13.3. The van der Waals surface area contributed by atoms with Crippen LogP contribution in [0.5, 0.6) is 0 Å². The Morgan fingerprint density at radius 3 is 2.12 bits per heavy atom. The number of piperidine rings is 1. The molecule has 0 N–H and O–H groups in total. The molecule has 1 spiro atoms. The maximum Gasteiger partial charge on any atom is 0.309 e. The van der Waals surface area contributed by atoms with E-state index in [9.17, 15) is 19.2 Å². The Bertz CT molecular complexity index is 944. The lowest BCUT2D eigenvalue weighted by Gasteiger charge is -2.39. The number of hydrogen-bond donors (Lipinski definition) is 0. The van der Waals surface area contributed by atoms with Crippen LogP contribution in [0.2, 0.25) is 0 Å². The second-order valence-electron chi connectivity index (χ2n) is 9.20. The fraction of sp³-hybridized carbons (Fsp3) is 0.583. The molecule has 3 aliphatic rings. The monoisotopic (exact) mass is 458 g/mol. The molecule has 3 heterocycles. The predicted molar refractivity (Wildman–Crippen MR) is 120 cm³/mol. The van der Waals surface area contributed by atoms with Gasteiger partial charge in [0.2, 0.25) is 5.91 Å². The summed E-state index contributed by atoms with van der Waals surface area (Å²) in [6.45, 7) is 4.22. The Morgan fingerprint density at radius 2 is 1.53 bits per heavy atom. The van der Waals surface area contributed by atoms with Crippen LogP contribution in [0.3, 0.4) is 0 Å². The lowest BCUT2D eigenvalue weighted by atomic mass is 9.77. The zero-order valence-corrected chi connectivity index (χ0v) is 19.5. The number of thiophene rings is 1. The van der Waals surface area contributed by atoms with E-state index in [0.717, 1.165) is 19.3 Å². The molecule has 1 aromatic heterocycles. The Morgan fingerprint density at radius 1 is 0.938 bits per heavy atom. The number of ketones is 1. The molecular weight excluding hydrogens is 428 g/mol. The van der Waals surface area contributed by atoms with Gasteiger partial charge in [0.1, 0.15) is 0 Å². The highest BCUT2D eigenvalue weighted by atomic mass is 32.1. The van der Waals surface area contributed by atoms with Crippen LogP contribution in [-0.4, -0.2) is 66.7 Å². The minimum atomic E-state index is -0.404. The van der Waals surface area contributed by atoms with Crippen LogP contribution in [0.1, 0.15) is 58.4 Å². The number of allylic oxidation sites excluding steroid dienone is 2. The lowest BCUT2D eigenvalue weighted by Crippen LogP contribution is -2.46. The fourth-order valence-electron chi connectivity index (χ4n) is 5.25. The van der Waals surface area contributed by atoms with E-state index >= 15 is 0 Å². The molecule has 32 heavy (non-hydrogen) atoms. The summed E-state index contributed by atoms with van der Waals surface area (Å²) >= 11 is 1.25. The van der Waals surface area contributed by atoms with Crippen molar-refractivity contribution in [3.63, 3.8) is 0 Å². The average molecular weight is 459 g/mol. The van der Waals surface area contributed by atoms with Crippen LogP contribution < -0.4 is 0 Å². The summed E-state index contributed by atoms with van der Waals surface area (Å²) in [5, 5.41) is 0. The van der Waals surface area contributed by atoms with Gasteiger partial charge in [0.15, 0.2) is 5.78 Å². The van der Waals surface area contributed by atoms with E-state index in [-0.39, 0.29) is 34.9 Å². The van der Waals surface area contributed by atoms with Gasteiger partial charge in [-0.05, 0) is 56.6 Å². The van der Waals surface area contributed by atoms with Crippen LogP contribution in [0.15, 0.2) is 24.3 Å². The van der Waals surface area contributed by atoms with Crippen molar-refractivity contribution in [1.82, 2.24) is 9.80 Å². The number of hydrogen-bond acceptors (Lipinski definition) is 6. The molecule has 0 radical (unpaired) electrons. The Kier molecular flexibility index (Phi) is 6.51. The highest BCUT2D eigenvalue weighted by Crippen LogP contribution is 2.42. The van der Waals surface area contributed by atoms with Gasteiger partial charge in [-0.15, -0.1) is 11.3 Å². The van der Waals surface area contributed by atoms with Gasteiger partial charge in [0.25, 0.3) is 5.91 Å². The van der Waals surface area contributed by atoms with Gasteiger partial charge in [-0.2, -0.15) is 0 Å². The molecule has 172 valence electrons. The van der Waals surface area contributed by atoms with E-state index in [1.54, 1.807) is 12.1 Å². The van der Waals surface area contributed by atoms with Crippen LogP contribution in [-0.2, 0) is 14.3 Å². The topological polar surface area (TPSA) is 84.0 Å². The molecule has 7 nitrogen and oxygen atoms in total. The van der Waals surface area contributed by atoms with E-state index in [2.05, 4.69) is 0 Å². The highest BCUT2D eigenvalue weighted by molar-refractivity contribution is 7.15. The minimum absolute atomic E-state index is 0.0156. The van der Waals surface area contributed by atoms with Crippen molar-refractivity contribution in [2.24, 2.45) is 17.3 Å². The van der Waals surface area contributed by atoms with Crippen molar-refractivity contribution in [2.45, 2.75) is 39.0 Å². The number of rotatable bonds is 4. The molecule has 0 aromatic carbocycles. The number of Topliss-reactive ketones (excluding diaryl/α,β-unsaturated/α-hetero) is 1. The molecule has 1 aliphatic carbocycles. The summed E-state index contributed by atoms with van der Waals surface area (Å²) in [6, 6.07) is 3.45. The molecule has 8 heteroatoms. The van der Waals surface area contributed by atoms with Gasteiger partial charge in [0, 0.05) is 26.2 Å². The normalized spacial score (nSPS) is 24.6. The number of methoxy groups -OCH3 is 1. The molecule has 2 saturated heterocycles. The van der Waals surface area contributed by atoms with Crippen LogP contribution >= 0.6 is 11.3 Å². The molecule has 2 aliphatic heterocycles. The van der Waals surface area contributed by atoms with E-state index in [0.29, 0.717) is 48.8 Å². The number of ether oxygens (including phenoxy) is 1. The summed E-state index contributed by atoms with van der Waals surface area (Å²) in [7, 11) is 1.37. The summed E-state index contributed by atoms with van der Waals surface area (Å²) in [5.41, 5.74) is 0.0394. The number of likely N-dealkylation sites (tertiary alicyclic amines) is 2. The molecule has 2 unspecified atom stereocenters. The molecule has 2 fully saturated rings. The largest absolute Gasteiger partial charge is 0.469 e. The first-order valence-electron chi connectivity index (χ1n) is 11.3. The molecule has 1 aromatic rings. The third-order valence-corrected chi connectivity index (χ3v) is 8.45. The van der Waals surface area contributed by atoms with Crippen molar-refractivity contribution in [1.29, 1.82) is 0 Å². The van der Waals surface area contributed by atoms with Crippen molar-refractivity contribution in [3.8, 4) is 0 Å². The van der Waals surface area contributed by atoms with Crippen molar-refractivity contribution >= 4 is 34.9 Å². The zero-order chi connectivity index (χ0) is 22.9. The molecule has 2 atom stereocenters. The second kappa shape index (κ2) is 9.17. The number of carbonyl (C=O) groups is 4. The molecule has 0 bridgehead atoms. The lowest BCUT2D eigenvalue weighted by molar-refractivity contribution is -0.153. The zero-order valence-electron chi connectivity index (χ0n) is 18.7. The van der Waals surface area contributed by atoms with E-state index in [1.165, 1.54) is 25.4 Å². The number of esters is 1. The Balaban J connectivity index is 1.35. The van der Waals surface area contributed by atoms with Crippen molar-refractivity contribution < 1.29 is 23.9 Å².